The Morgan fingerprint density at radius 3 is 2.42 bits per heavy atom. The highest BCUT2D eigenvalue weighted by molar-refractivity contribution is 6.32. The lowest BCUT2D eigenvalue weighted by Gasteiger charge is -2.16. The first-order valence-corrected chi connectivity index (χ1v) is 9.27. The highest BCUT2D eigenvalue weighted by atomic mass is 35.5. The first-order valence-electron chi connectivity index (χ1n) is 8.89. The number of allylic oxidation sites excluding steroid dienone is 2. The number of carbonyl (C=O) groups is 1. The number of hydrogen-bond donors (Lipinski definition) is 0. The molecule has 140 valence electrons. The van der Waals surface area contributed by atoms with Crippen LogP contribution in [0.1, 0.15) is 68.6 Å². The van der Waals surface area contributed by atoms with Gasteiger partial charge in [-0.25, -0.2) is 4.68 Å². The largest absolute Gasteiger partial charge is 0.475 e. The van der Waals surface area contributed by atoms with E-state index >= 15 is 0 Å². The minimum atomic E-state index is -0.0997. The Balaban J connectivity index is 2.61. The third-order valence-electron chi connectivity index (χ3n) is 4.47. The zero-order valence-electron chi connectivity index (χ0n) is 16.6. The van der Waals surface area contributed by atoms with Gasteiger partial charge in [-0.1, -0.05) is 17.2 Å². The summed E-state index contributed by atoms with van der Waals surface area (Å²) < 4.78 is 7.58. The van der Waals surface area contributed by atoms with E-state index in [-0.39, 0.29) is 11.9 Å². The number of nitrogens with zero attached hydrogens (tertiary/aromatic N) is 2. The predicted molar refractivity (Wildman–Crippen MR) is 107 cm³/mol. The lowest BCUT2D eigenvalue weighted by Crippen LogP contribution is -2.14. The third-order valence-corrected chi connectivity index (χ3v) is 4.78. The molecule has 0 aliphatic rings. The number of aromatic nitrogens is 2. The fourth-order valence-corrected chi connectivity index (χ4v) is 3.23. The lowest BCUT2D eigenvalue weighted by molar-refractivity contribution is 0.103. The van der Waals surface area contributed by atoms with Gasteiger partial charge in [0.25, 0.3) is 0 Å². The van der Waals surface area contributed by atoms with Gasteiger partial charge in [-0.15, -0.1) is 0 Å². The molecule has 0 aliphatic carbocycles. The van der Waals surface area contributed by atoms with Gasteiger partial charge in [0, 0.05) is 17.1 Å². The molecule has 2 rings (SSSR count). The van der Waals surface area contributed by atoms with Gasteiger partial charge >= 0.3 is 0 Å². The summed E-state index contributed by atoms with van der Waals surface area (Å²) in [6.07, 6.45) is 1.55. The molecule has 4 nitrogen and oxygen atoms in total. The monoisotopic (exact) mass is 374 g/mol. The molecule has 1 aromatic carbocycles. The number of carbonyl (C=O) groups excluding carboxylic acids is 1. The van der Waals surface area contributed by atoms with Crippen molar-refractivity contribution in [2.45, 2.75) is 61.1 Å². The van der Waals surface area contributed by atoms with Crippen LogP contribution in [-0.2, 0) is 6.54 Å². The Bertz CT molecular complexity index is 859. The molecular formula is C21H27ClN2O2. The van der Waals surface area contributed by atoms with E-state index in [2.05, 4.69) is 5.10 Å². The van der Waals surface area contributed by atoms with Crippen LogP contribution in [0, 0.1) is 6.92 Å². The van der Waals surface area contributed by atoms with Gasteiger partial charge in [0.05, 0.1) is 12.3 Å². The van der Waals surface area contributed by atoms with Crippen LogP contribution in [0.4, 0.5) is 0 Å². The Labute approximate surface area is 160 Å². The molecule has 1 aromatic heterocycles. The number of ether oxygens (including phenoxy) is 1. The molecule has 0 aliphatic heterocycles. The van der Waals surface area contributed by atoms with Gasteiger partial charge in [-0.05, 0) is 77.3 Å². The fraction of sp³-hybridized carbons (Fsp3) is 0.429. The van der Waals surface area contributed by atoms with Crippen molar-refractivity contribution in [3.8, 4) is 5.88 Å². The molecular weight excluding hydrogens is 348 g/mol. The predicted octanol–water partition coefficient (Wildman–Crippen LogP) is 5.70. The van der Waals surface area contributed by atoms with E-state index in [0.29, 0.717) is 28.6 Å². The Kier molecular flexibility index (Phi) is 6.30. The summed E-state index contributed by atoms with van der Waals surface area (Å²) in [6.45, 7) is 14.5. The van der Waals surface area contributed by atoms with E-state index in [1.807, 2.05) is 48.5 Å². The topological polar surface area (TPSA) is 44.1 Å². The first-order chi connectivity index (χ1) is 12.2. The summed E-state index contributed by atoms with van der Waals surface area (Å²) in [5, 5.41) is 4.96. The minimum Gasteiger partial charge on any atom is -0.475 e. The van der Waals surface area contributed by atoms with Crippen molar-refractivity contribution in [2.75, 3.05) is 0 Å². The average molecular weight is 375 g/mol. The van der Waals surface area contributed by atoms with E-state index < -0.39 is 0 Å². The summed E-state index contributed by atoms with van der Waals surface area (Å²) in [5.41, 5.74) is 5.15. The number of rotatable bonds is 6. The summed E-state index contributed by atoms with van der Waals surface area (Å²) in [7, 11) is 0. The Hall–Kier alpha value is -2.07. The van der Waals surface area contributed by atoms with Crippen LogP contribution in [0.3, 0.4) is 0 Å². The van der Waals surface area contributed by atoms with E-state index in [0.717, 1.165) is 16.7 Å². The van der Waals surface area contributed by atoms with Gasteiger partial charge in [0.15, 0.2) is 5.78 Å². The number of aryl methyl sites for hydroxylation is 1. The quantitative estimate of drug-likeness (QED) is 0.609. The molecule has 0 bridgehead atoms. The van der Waals surface area contributed by atoms with E-state index in [1.54, 1.807) is 23.0 Å². The lowest BCUT2D eigenvalue weighted by atomic mass is 9.92. The van der Waals surface area contributed by atoms with Gasteiger partial charge in [-0.3, -0.25) is 4.79 Å². The minimum absolute atomic E-state index is 0.0432. The van der Waals surface area contributed by atoms with Crippen LogP contribution in [-0.4, -0.2) is 21.7 Å². The fourth-order valence-electron chi connectivity index (χ4n) is 2.88. The molecule has 0 fully saturated rings. The Morgan fingerprint density at radius 2 is 1.88 bits per heavy atom. The highest BCUT2D eigenvalue weighted by Crippen LogP contribution is 2.33. The van der Waals surface area contributed by atoms with E-state index in [9.17, 15) is 4.79 Å². The molecule has 2 aromatic rings. The number of hydrogen-bond acceptors (Lipinski definition) is 3. The zero-order valence-corrected chi connectivity index (χ0v) is 17.4. The van der Waals surface area contributed by atoms with Crippen molar-refractivity contribution in [3.05, 3.63) is 51.2 Å². The third kappa shape index (κ3) is 3.85. The maximum atomic E-state index is 13.3. The van der Waals surface area contributed by atoms with Crippen molar-refractivity contribution in [1.29, 1.82) is 0 Å². The summed E-state index contributed by atoms with van der Waals surface area (Å²) in [5.74, 6) is 0.416. The molecule has 5 heteroatoms. The van der Waals surface area contributed by atoms with Crippen molar-refractivity contribution < 1.29 is 9.53 Å². The molecule has 0 radical (unpaired) electrons. The van der Waals surface area contributed by atoms with Gasteiger partial charge in [0.1, 0.15) is 5.56 Å². The van der Waals surface area contributed by atoms with Crippen LogP contribution < -0.4 is 4.74 Å². The Morgan fingerprint density at radius 1 is 1.23 bits per heavy atom. The van der Waals surface area contributed by atoms with Crippen LogP contribution in [0.15, 0.2) is 23.9 Å². The van der Waals surface area contributed by atoms with E-state index in [1.165, 1.54) is 5.57 Å². The standard InChI is InChI=1S/C21H27ClN2O2/c1-8-24-21(26-13(4)5)17(11-23-24)20(25)16-9-10-18(22)19(15(16)7)14(6)12(2)3/h9-11,13H,8H2,1-7H3. The number of benzene rings is 1. The molecule has 0 amide bonds. The van der Waals surface area contributed by atoms with Crippen molar-refractivity contribution in [1.82, 2.24) is 9.78 Å². The first kappa shape index (κ1) is 20.2. The van der Waals surface area contributed by atoms with E-state index in [4.69, 9.17) is 16.3 Å². The van der Waals surface area contributed by atoms with Crippen molar-refractivity contribution in [3.63, 3.8) is 0 Å². The SMILES string of the molecule is CCn1ncc(C(=O)c2ccc(Cl)c(C(C)=C(C)C)c2C)c1OC(C)C. The maximum Gasteiger partial charge on any atom is 0.223 e. The molecule has 0 saturated heterocycles. The molecule has 0 spiro atoms. The zero-order chi connectivity index (χ0) is 19.6. The van der Waals surface area contributed by atoms with Crippen LogP contribution in [0.2, 0.25) is 5.02 Å². The van der Waals surface area contributed by atoms with Gasteiger partial charge in [-0.2, -0.15) is 5.10 Å². The van der Waals surface area contributed by atoms with Gasteiger partial charge in [0.2, 0.25) is 5.88 Å². The second-order valence-corrected chi connectivity index (χ2v) is 7.30. The van der Waals surface area contributed by atoms with Crippen LogP contribution in [0.25, 0.3) is 5.57 Å². The highest BCUT2D eigenvalue weighted by Gasteiger charge is 2.24. The maximum absolute atomic E-state index is 13.3. The van der Waals surface area contributed by atoms with Crippen molar-refractivity contribution in [2.24, 2.45) is 0 Å². The second kappa shape index (κ2) is 8.09. The molecule has 26 heavy (non-hydrogen) atoms. The molecule has 0 unspecified atom stereocenters. The number of ketones is 1. The van der Waals surface area contributed by atoms with Crippen LogP contribution >= 0.6 is 11.6 Å². The summed E-state index contributed by atoms with van der Waals surface area (Å²) in [4.78, 5) is 13.3. The summed E-state index contributed by atoms with van der Waals surface area (Å²) in [6, 6.07) is 3.57. The second-order valence-electron chi connectivity index (χ2n) is 6.89. The smallest absolute Gasteiger partial charge is 0.223 e. The molecule has 0 saturated carbocycles. The molecule has 0 N–H and O–H groups in total. The van der Waals surface area contributed by atoms with Crippen molar-refractivity contribution >= 4 is 23.0 Å². The number of halogens is 1. The molecule has 1 heterocycles. The normalized spacial score (nSPS) is 11.0. The average Bonchev–Trinajstić information content (AvgIpc) is 2.96. The molecule has 0 atom stereocenters. The van der Waals surface area contributed by atoms with Crippen LogP contribution in [0.5, 0.6) is 5.88 Å². The summed E-state index contributed by atoms with van der Waals surface area (Å²) >= 11 is 6.43. The van der Waals surface area contributed by atoms with Gasteiger partial charge < -0.3 is 4.74 Å².